The molecule has 2 amide bonds. The molecule has 0 unspecified atom stereocenters. The van der Waals surface area contributed by atoms with E-state index >= 15 is 0 Å². The van der Waals surface area contributed by atoms with Crippen molar-refractivity contribution in [2.75, 3.05) is 45.8 Å². The van der Waals surface area contributed by atoms with E-state index in [0.29, 0.717) is 5.41 Å². The quantitative estimate of drug-likeness (QED) is 0.731. The second-order valence-corrected chi connectivity index (χ2v) is 5.58. The van der Waals surface area contributed by atoms with E-state index < -0.39 is 0 Å². The molecule has 0 aromatic carbocycles. The molecule has 0 aromatic heterocycles. The molecular weight excluding hydrogens is 216 g/mol. The number of nitrogens with two attached hydrogens (primary N) is 1. The van der Waals surface area contributed by atoms with Crippen LogP contribution in [0.4, 0.5) is 4.79 Å². The topological polar surface area (TPSA) is 61.6 Å². The molecule has 2 heterocycles. The number of hydrogen-bond donors (Lipinski definition) is 2. The Bertz CT molecular complexity index is 274. The highest BCUT2D eigenvalue weighted by Gasteiger charge is 2.29. The molecule has 0 atom stereocenters. The first-order valence-corrected chi connectivity index (χ1v) is 6.58. The van der Waals surface area contributed by atoms with Crippen LogP contribution in [0.2, 0.25) is 0 Å². The predicted molar refractivity (Wildman–Crippen MR) is 67.8 cm³/mol. The van der Waals surface area contributed by atoms with E-state index in [1.807, 2.05) is 4.90 Å². The fourth-order valence-electron chi connectivity index (χ4n) is 2.51. The van der Waals surface area contributed by atoms with Gasteiger partial charge in [-0.15, -0.1) is 0 Å². The van der Waals surface area contributed by atoms with Gasteiger partial charge >= 0.3 is 6.03 Å². The standard InChI is InChI=1S/C12H24N4O/c1-12(10-13)2-5-15(6-3-12)8-9-16-7-4-14-11(16)17/h2-10,13H2,1H3,(H,14,17). The molecule has 2 fully saturated rings. The summed E-state index contributed by atoms with van der Waals surface area (Å²) in [7, 11) is 0. The smallest absolute Gasteiger partial charge is 0.317 e. The number of rotatable bonds is 4. The number of likely N-dealkylation sites (tertiary alicyclic amines) is 1. The number of piperidine rings is 1. The third-order valence-electron chi connectivity index (χ3n) is 4.19. The highest BCUT2D eigenvalue weighted by Crippen LogP contribution is 2.29. The minimum absolute atomic E-state index is 0.0915. The molecule has 2 rings (SSSR count). The van der Waals surface area contributed by atoms with Gasteiger partial charge in [-0.2, -0.15) is 0 Å². The zero-order chi connectivity index (χ0) is 12.3. The molecule has 0 bridgehead atoms. The van der Waals surface area contributed by atoms with Crippen LogP contribution in [0, 0.1) is 5.41 Å². The van der Waals surface area contributed by atoms with Crippen molar-refractivity contribution in [3.63, 3.8) is 0 Å². The van der Waals surface area contributed by atoms with Crippen LogP contribution in [0.3, 0.4) is 0 Å². The number of hydrogen-bond acceptors (Lipinski definition) is 3. The average molecular weight is 240 g/mol. The van der Waals surface area contributed by atoms with E-state index in [1.54, 1.807) is 0 Å². The molecule has 0 aliphatic carbocycles. The molecule has 0 saturated carbocycles. The Morgan fingerprint density at radius 2 is 2.00 bits per heavy atom. The number of urea groups is 1. The minimum Gasteiger partial charge on any atom is -0.336 e. The van der Waals surface area contributed by atoms with Crippen LogP contribution in [0.5, 0.6) is 0 Å². The van der Waals surface area contributed by atoms with Crippen LogP contribution >= 0.6 is 0 Å². The molecule has 17 heavy (non-hydrogen) atoms. The van der Waals surface area contributed by atoms with Crippen molar-refractivity contribution >= 4 is 6.03 Å². The first kappa shape index (κ1) is 12.6. The molecule has 2 saturated heterocycles. The maximum atomic E-state index is 11.4. The molecule has 0 aromatic rings. The lowest BCUT2D eigenvalue weighted by atomic mass is 9.80. The second kappa shape index (κ2) is 5.23. The maximum absolute atomic E-state index is 11.4. The first-order valence-electron chi connectivity index (χ1n) is 6.58. The molecule has 5 nitrogen and oxygen atoms in total. The van der Waals surface area contributed by atoms with E-state index in [0.717, 1.165) is 45.8 Å². The third-order valence-corrected chi connectivity index (χ3v) is 4.19. The monoisotopic (exact) mass is 240 g/mol. The molecule has 0 spiro atoms. The van der Waals surface area contributed by atoms with Gasteiger partial charge < -0.3 is 20.9 Å². The molecule has 3 N–H and O–H groups in total. The summed E-state index contributed by atoms with van der Waals surface area (Å²) in [5.74, 6) is 0. The van der Waals surface area contributed by atoms with Gasteiger partial charge in [-0.05, 0) is 37.9 Å². The van der Waals surface area contributed by atoms with E-state index in [-0.39, 0.29) is 6.03 Å². The summed E-state index contributed by atoms with van der Waals surface area (Å²) in [6.07, 6.45) is 2.35. The summed E-state index contributed by atoms with van der Waals surface area (Å²) in [6, 6.07) is 0.0915. The van der Waals surface area contributed by atoms with Gasteiger partial charge in [0, 0.05) is 26.2 Å². The van der Waals surface area contributed by atoms with E-state index in [1.165, 1.54) is 12.8 Å². The second-order valence-electron chi connectivity index (χ2n) is 5.58. The Balaban J connectivity index is 1.70. The zero-order valence-corrected chi connectivity index (χ0v) is 10.7. The summed E-state index contributed by atoms with van der Waals surface area (Å²) < 4.78 is 0. The van der Waals surface area contributed by atoms with Gasteiger partial charge in [-0.25, -0.2) is 4.79 Å². The molecular formula is C12H24N4O. The predicted octanol–water partition coefficient (Wildman–Crippen LogP) is 0.0724. The molecule has 98 valence electrons. The lowest BCUT2D eigenvalue weighted by Gasteiger charge is -2.39. The fraction of sp³-hybridized carbons (Fsp3) is 0.917. The van der Waals surface area contributed by atoms with Crippen LogP contribution in [-0.4, -0.2) is 61.6 Å². The van der Waals surface area contributed by atoms with E-state index in [4.69, 9.17) is 5.73 Å². The van der Waals surface area contributed by atoms with Crippen LogP contribution in [0.15, 0.2) is 0 Å². The van der Waals surface area contributed by atoms with Gasteiger partial charge in [-0.3, -0.25) is 0 Å². The fourth-order valence-corrected chi connectivity index (χ4v) is 2.51. The lowest BCUT2D eigenvalue weighted by molar-refractivity contribution is 0.117. The molecule has 2 aliphatic rings. The summed E-state index contributed by atoms with van der Waals surface area (Å²) in [5.41, 5.74) is 6.13. The van der Waals surface area contributed by atoms with Gasteiger partial charge in [0.2, 0.25) is 0 Å². The van der Waals surface area contributed by atoms with Gasteiger partial charge in [0.15, 0.2) is 0 Å². The van der Waals surface area contributed by atoms with Gasteiger partial charge in [0.1, 0.15) is 0 Å². The van der Waals surface area contributed by atoms with Crippen LogP contribution < -0.4 is 11.1 Å². The normalized spacial score (nSPS) is 25.1. The summed E-state index contributed by atoms with van der Waals surface area (Å²) in [6.45, 7) is 8.79. The zero-order valence-electron chi connectivity index (χ0n) is 10.7. The third kappa shape index (κ3) is 3.10. The highest BCUT2D eigenvalue weighted by atomic mass is 16.2. The Morgan fingerprint density at radius 1 is 1.29 bits per heavy atom. The number of carbonyl (C=O) groups excluding carboxylic acids is 1. The summed E-state index contributed by atoms with van der Waals surface area (Å²) in [4.78, 5) is 15.7. The number of amides is 2. The van der Waals surface area contributed by atoms with Crippen LogP contribution in [0.1, 0.15) is 19.8 Å². The number of nitrogens with one attached hydrogen (secondary N) is 1. The van der Waals surface area contributed by atoms with Crippen molar-refractivity contribution in [1.82, 2.24) is 15.1 Å². The Morgan fingerprint density at radius 3 is 2.53 bits per heavy atom. The maximum Gasteiger partial charge on any atom is 0.317 e. The average Bonchev–Trinajstić information content (AvgIpc) is 2.74. The van der Waals surface area contributed by atoms with Crippen LogP contribution in [-0.2, 0) is 0 Å². The van der Waals surface area contributed by atoms with Crippen molar-refractivity contribution in [1.29, 1.82) is 0 Å². The van der Waals surface area contributed by atoms with Gasteiger partial charge in [0.05, 0.1) is 0 Å². The molecule has 5 heteroatoms. The Labute approximate surface area is 103 Å². The van der Waals surface area contributed by atoms with Gasteiger partial charge in [-0.1, -0.05) is 6.92 Å². The molecule has 0 radical (unpaired) electrons. The highest BCUT2D eigenvalue weighted by molar-refractivity contribution is 5.76. The Hall–Kier alpha value is -0.810. The lowest BCUT2D eigenvalue weighted by Crippen LogP contribution is -2.45. The Kier molecular flexibility index (Phi) is 3.89. The molecule has 2 aliphatic heterocycles. The first-order chi connectivity index (χ1) is 8.13. The van der Waals surface area contributed by atoms with Crippen molar-refractivity contribution in [3.8, 4) is 0 Å². The van der Waals surface area contributed by atoms with Crippen molar-refractivity contribution in [2.24, 2.45) is 11.1 Å². The van der Waals surface area contributed by atoms with Crippen LogP contribution in [0.25, 0.3) is 0 Å². The van der Waals surface area contributed by atoms with Gasteiger partial charge in [0.25, 0.3) is 0 Å². The van der Waals surface area contributed by atoms with Crippen molar-refractivity contribution in [3.05, 3.63) is 0 Å². The number of nitrogens with zero attached hydrogens (tertiary/aromatic N) is 2. The SMILES string of the molecule is CC1(CN)CCN(CCN2CCNC2=O)CC1. The number of carbonyl (C=O) groups is 1. The summed E-state index contributed by atoms with van der Waals surface area (Å²) in [5, 5.41) is 2.83. The largest absolute Gasteiger partial charge is 0.336 e. The minimum atomic E-state index is 0.0915. The summed E-state index contributed by atoms with van der Waals surface area (Å²) >= 11 is 0. The van der Waals surface area contributed by atoms with E-state index in [9.17, 15) is 4.79 Å². The van der Waals surface area contributed by atoms with Crippen molar-refractivity contribution in [2.45, 2.75) is 19.8 Å². The van der Waals surface area contributed by atoms with E-state index in [2.05, 4.69) is 17.1 Å². The van der Waals surface area contributed by atoms with Crippen molar-refractivity contribution < 1.29 is 4.79 Å².